The predicted molar refractivity (Wildman–Crippen MR) is 80.1 cm³/mol. The molecule has 2 rings (SSSR count). The summed E-state index contributed by atoms with van der Waals surface area (Å²) >= 11 is 0. The first-order valence-electron chi connectivity index (χ1n) is 6.79. The Kier molecular flexibility index (Phi) is 5.80. The molecule has 2 N–H and O–H groups in total. The molecule has 0 spiro atoms. The van der Waals surface area contributed by atoms with E-state index in [4.69, 9.17) is 14.6 Å². The van der Waals surface area contributed by atoms with E-state index >= 15 is 0 Å². The SMILES string of the molecule is COc1ccc2cc(CNCCOCCO)ccc2c1. The van der Waals surface area contributed by atoms with Crippen LogP contribution in [0, 0.1) is 0 Å². The number of nitrogens with one attached hydrogen (secondary N) is 1. The monoisotopic (exact) mass is 275 g/mol. The lowest BCUT2D eigenvalue weighted by molar-refractivity contribution is 0.0938. The Labute approximate surface area is 119 Å². The van der Waals surface area contributed by atoms with Crippen molar-refractivity contribution in [2.45, 2.75) is 6.54 Å². The molecule has 0 bridgehead atoms. The number of fused-ring (bicyclic) bond motifs is 1. The van der Waals surface area contributed by atoms with Gasteiger partial charge in [-0.2, -0.15) is 0 Å². The van der Waals surface area contributed by atoms with E-state index in [-0.39, 0.29) is 6.61 Å². The normalized spacial score (nSPS) is 10.9. The second-order valence-electron chi connectivity index (χ2n) is 4.56. The average molecular weight is 275 g/mol. The molecular formula is C16H21NO3. The van der Waals surface area contributed by atoms with E-state index in [1.54, 1.807) is 7.11 Å². The van der Waals surface area contributed by atoms with Gasteiger partial charge in [0, 0.05) is 13.1 Å². The summed E-state index contributed by atoms with van der Waals surface area (Å²) < 4.78 is 10.4. The van der Waals surface area contributed by atoms with Crippen LogP contribution in [0.3, 0.4) is 0 Å². The maximum atomic E-state index is 8.58. The van der Waals surface area contributed by atoms with E-state index < -0.39 is 0 Å². The van der Waals surface area contributed by atoms with Crippen LogP contribution in [-0.4, -0.2) is 38.6 Å². The van der Waals surface area contributed by atoms with Crippen LogP contribution in [0.4, 0.5) is 0 Å². The fraction of sp³-hybridized carbons (Fsp3) is 0.375. The van der Waals surface area contributed by atoms with E-state index in [1.165, 1.54) is 16.3 Å². The van der Waals surface area contributed by atoms with Gasteiger partial charge in [-0.1, -0.05) is 18.2 Å². The van der Waals surface area contributed by atoms with Crippen molar-refractivity contribution in [3.05, 3.63) is 42.0 Å². The molecule has 0 unspecified atom stereocenters. The van der Waals surface area contributed by atoms with Gasteiger partial charge in [0.25, 0.3) is 0 Å². The minimum atomic E-state index is 0.0775. The first kappa shape index (κ1) is 14.8. The molecule has 0 atom stereocenters. The van der Waals surface area contributed by atoms with E-state index in [0.717, 1.165) is 18.8 Å². The van der Waals surface area contributed by atoms with Crippen LogP contribution in [0.25, 0.3) is 10.8 Å². The molecule has 0 radical (unpaired) electrons. The number of hydrogen-bond donors (Lipinski definition) is 2. The van der Waals surface area contributed by atoms with E-state index in [1.807, 2.05) is 12.1 Å². The van der Waals surface area contributed by atoms with Crippen LogP contribution < -0.4 is 10.1 Å². The Balaban J connectivity index is 1.88. The third-order valence-corrected chi connectivity index (χ3v) is 3.10. The lowest BCUT2D eigenvalue weighted by atomic mass is 10.1. The van der Waals surface area contributed by atoms with Gasteiger partial charge in [0.05, 0.1) is 26.9 Å². The molecule has 0 amide bonds. The maximum Gasteiger partial charge on any atom is 0.119 e. The maximum absolute atomic E-state index is 8.58. The highest BCUT2D eigenvalue weighted by Gasteiger charge is 1.99. The first-order chi connectivity index (χ1) is 9.83. The topological polar surface area (TPSA) is 50.7 Å². The fourth-order valence-corrected chi connectivity index (χ4v) is 2.05. The van der Waals surface area contributed by atoms with Crippen molar-refractivity contribution < 1.29 is 14.6 Å². The lowest BCUT2D eigenvalue weighted by Gasteiger charge is -2.07. The van der Waals surface area contributed by atoms with Gasteiger partial charge < -0.3 is 19.9 Å². The highest BCUT2D eigenvalue weighted by Crippen LogP contribution is 2.21. The zero-order valence-corrected chi connectivity index (χ0v) is 11.8. The largest absolute Gasteiger partial charge is 0.497 e. The summed E-state index contributed by atoms with van der Waals surface area (Å²) in [5.41, 5.74) is 1.24. The van der Waals surface area contributed by atoms with Crippen molar-refractivity contribution in [3.8, 4) is 5.75 Å². The summed E-state index contributed by atoms with van der Waals surface area (Å²) in [6, 6.07) is 12.5. The fourth-order valence-electron chi connectivity index (χ4n) is 2.05. The number of rotatable bonds is 8. The summed E-state index contributed by atoms with van der Waals surface area (Å²) in [6.45, 7) is 2.68. The lowest BCUT2D eigenvalue weighted by Crippen LogP contribution is -2.19. The summed E-state index contributed by atoms with van der Waals surface area (Å²) in [5, 5.41) is 14.3. The third-order valence-electron chi connectivity index (χ3n) is 3.10. The summed E-state index contributed by atoms with van der Waals surface area (Å²) in [5.74, 6) is 0.879. The molecule has 20 heavy (non-hydrogen) atoms. The van der Waals surface area contributed by atoms with Crippen LogP contribution >= 0.6 is 0 Å². The quantitative estimate of drug-likeness (QED) is 0.723. The second kappa shape index (κ2) is 7.85. The van der Waals surface area contributed by atoms with Crippen molar-refractivity contribution in [2.24, 2.45) is 0 Å². The number of aliphatic hydroxyl groups is 1. The highest BCUT2D eigenvalue weighted by molar-refractivity contribution is 5.84. The Morgan fingerprint density at radius 1 is 1.05 bits per heavy atom. The highest BCUT2D eigenvalue weighted by atomic mass is 16.5. The van der Waals surface area contributed by atoms with Gasteiger partial charge in [-0.15, -0.1) is 0 Å². The summed E-state index contributed by atoms with van der Waals surface area (Å²) in [6.07, 6.45) is 0. The van der Waals surface area contributed by atoms with E-state index in [0.29, 0.717) is 13.2 Å². The van der Waals surface area contributed by atoms with Crippen molar-refractivity contribution >= 4 is 10.8 Å². The number of ether oxygens (including phenoxy) is 2. The molecule has 2 aromatic rings. The van der Waals surface area contributed by atoms with Crippen molar-refractivity contribution in [3.63, 3.8) is 0 Å². The van der Waals surface area contributed by atoms with Gasteiger partial charge in [0.15, 0.2) is 0 Å². The van der Waals surface area contributed by atoms with Crippen molar-refractivity contribution in [1.29, 1.82) is 0 Å². The molecular weight excluding hydrogens is 254 g/mol. The van der Waals surface area contributed by atoms with Crippen LogP contribution in [0.15, 0.2) is 36.4 Å². The van der Waals surface area contributed by atoms with Gasteiger partial charge in [-0.25, -0.2) is 0 Å². The predicted octanol–water partition coefficient (Wildman–Crippen LogP) is 1.95. The Bertz CT molecular complexity index is 542. The molecule has 108 valence electrons. The number of benzene rings is 2. The van der Waals surface area contributed by atoms with Gasteiger partial charge in [0.1, 0.15) is 5.75 Å². The van der Waals surface area contributed by atoms with Crippen molar-refractivity contribution in [2.75, 3.05) is 33.5 Å². The van der Waals surface area contributed by atoms with Crippen LogP contribution in [0.1, 0.15) is 5.56 Å². The Morgan fingerprint density at radius 3 is 2.65 bits per heavy atom. The molecule has 4 heteroatoms. The number of hydrogen-bond acceptors (Lipinski definition) is 4. The molecule has 0 aliphatic carbocycles. The standard InChI is InChI=1S/C16H21NO3/c1-19-16-5-4-14-10-13(2-3-15(14)11-16)12-17-6-8-20-9-7-18/h2-5,10-11,17-18H,6-9,12H2,1H3. The number of aliphatic hydroxyl groups excluding tert-OH is 1. The second-order valence-corrected chi connectivity index (χ2v) is 4.56. The summed E-state index contributed by atoms with van der Waals surface area (Å²) in [7, 11) is 1.68. The number of methoxy groups -OCH3 is 1. The Morgan fingerprint density at radius 2 is 1.85 bits per heavy atom. The molecule has 0 heterocycles. The van der Waals surface area contributed by atoms with Gasteiger partial charge in [0.2, 0.25) is 0 Å². The Hall–Kier alpha value is -1.62. The molecule has 0 saturated carbocycles. The molecule has 0 aromatic heterocycles. The minimum absolute atomic E-state index is 0.0775. The molecule has 2 aromatic carbocycles. The van der Waals surface area contributed by atoms with E-state index in [2.05, 4.69) is 29.6 Å². The van der Waals surface area contributed by atoms with Crippen LogP contribution in [0.2, 0.25) is 0 Å². The minimum Gasteiger partial charge on any atom is -0.497 e. The van der Waals surface area contributed by atoms with Crippen LogP contribution in [0.5, 0.6) is 5.75 Å². The van der Waals surface area contributed by atoms with Crippen molar-refractivity contribution in [1.82, 2.24) is 5.32 Å². The molecule has 0 fully saturated rings. The third kappa shape index (κ3) is 4.20. The smallest absolute Gasteiger partial charge is 0.119 e. The van der Waals surface area contributed by atoms with Gasteiger partial charge >= 0.3 is 0 Å². The van der Waals surface area contributed by atoms with Gasteiger partial charge in [-0.3, -0.25) is 0 Å². The first-order valence-corrected chi connectivity index (χ1v) is 6.79. The van der Waals surface area contributed by atoms with E-state index in [9.17, 15) is 0 Å². The molecule has 4 nitrogen and oxygen atoms in total. The summed E-state index contributed by atoms with van der Waals surface area (Å²) in [4.78, 5) is 0. The van der Waals surface area contributed by atoms with Crippen LogP contribution in [-0.2, 0) is 11.3 Å². The zero-order valence-electron chi connectivity index (χ0n) is 11.8. The van der Waals surface area contributed by atoms with Gasteiger partial charge in [-0.05, 0) is 34.5 Å². The molecule has 0 saturated heterocycles. The molecule has 0 aliphatic heterocycles. The zero-order chi connectivity index (χ0) is 14.2. The molecule has 0 aliphatic rings. The average Bonchev–Trinajstić information content (AvgIpc) is 2.50.